The van der Waals surface area contributed by atoms with Crippen LogP contribution in [0.4, 0.5) is 5.69 Å². The second-order valence-electron chi connectivity index (χ2n) is 10.8. The number of carbonyl (C=O) groups is 4. The maximum absolute atomic E-state index is 13.6. The van der Waals surface area contributed by atoms with Gasteiger partial charge in [0.05, 0.1) is 29.0 Å². The molecule has 0 unspecified atom stereocenters. The minimum Gasteiger partial charge on any atom is -0.462 e. The summed E-state index contributed by atoms with van der Waals surface area (Å²) in [6.45, 7) is 5.98. The number of thioether (sulfide) groups is 1. The largest absolute Gasteiger partial charge is 0.462 e. The number of anilines is 1. The van der Waals surface area contributed by atoms with Crippen molar-refractivity contribution in [3.63, 3.8) is 0 Å². The third-order valence-electron chi connectivity index (χ3n) is 9.03. The Hall–Kier alpha value is -2.92. The fourth-order valence-electron chi connectivity index (χ4n) is 7.36. The van der Waals surface area contributed by atoms with E-state index in [-0.39, 0.29) is 58.3 Å². The van der Waals surface area contributed by atoms with Crippen molar-refractivity contribution in [1.29, 1.82) is 0 Å². The summed E-state index contributed by atoms with van der Waals surface area (Å²) in [5, 5.41) is 3.80. The van der Waals surface area contributed by atoms with Crippen LogP contribution in [-0.2, 0) is 24.5 Å². The van der Waals surface area contributed by atoms with Gasteiger partial charge in [0.1, 0.15) is 6.54 Å². The lowest BCUT2D eigenvalue weighted by atomic mass is 9.62. The van der Waals surface area contributed by atoms with Crippen LogP contribution in [0.5, 0.6) is 0 Å². The van der Waals surface area contributed by atoms with Gasteiger partial charge in [-0.15, -0.1) is 11.8 Å². The second kappa shape index (κ2) is 9.08. The summed E-state index contributed by atoms with van der Waals surface area (Å²) >= 11 is 2.93. The molecular formula is C27H29N3O6S2. The third-order valence-corrected chi connectivity index (χ3v) is 11.8. The Kier molecular flexibility index (Phi) is 6.06. The van der Waals surface area contributed by atoms with E-state index in [1.807, 2.05) is 0 Å². The fourth-order valence-corrected chi connectivity index (χ4v) is 10.6. The van der Waals surface area contributed by atoms with Crippen LogP contribution in [0, 0.1) is 29.6 Å². The summed E-state index contributed by atoms with van der Waals surface area (Å²) in [7, 11) is 0. The van der Waals surface area contributed by atoms with Crippen molar-refractivity contribution >= 4 is 52.5 Å². The topological polar surface area (TPSA) is 126 Å². The first-order valence-electron chi connectivity index (χ1n) is 13.0. The van der Waals surface area contributed by atoms with E-state index in [9.17, 15) is 24.0 Å². The standard InChI is InChI=1S/C27H29N3O6S2/c1-4-27(3)19-14-10-15(20(19)37-22-21(27)38-26(35)29-22)18-17(14)23(32)30(24(18)33)11-16(31)28-13-8-6-12(7-9-13)25(34)36-5-2/h6-9,14-15,17-20H,4-5,10-11H2,1-3H3,(H,28,31)(H,29,35)/t14-,15+,17-,18+,19+,20+,27-/m0/s1. The van der Waals surface area contributed by atoms with E-state index in [1.54, 1.807) is 43.0 Å². The van der Waals surface area contributed by atoms with Gasteiger partial charge in [0.2, 0.25) is 17.7 Å². The minimum absolute atomic E-state index is 0.0439. The first kappa shape index (κ1) is 25.4. The number of amides is 3. The number of esters is 1. The molecule has 0 spiro atoms. The molecule has 6 rings (SSSR count). The number of rotatable bonds is 6. The van der Waals surface area contributed by atoms with Crippen molar-refractivity contribution in [3.8, 4) is 0 Å². The number of H-pyrrole nitrogens is 1. The van der Waals surface area contributed by atoms with Gasteiger partial charge in [-0.2, -0.15) is 0 Å². The molecular weight excluding hydrogens is 526 g/mol. The van der Waals surface area contributed by atoms with Gasteiger partial charge in [-0.1, -0.05) is 25.2 Å². The van der Waals surface area contributed by atoms with E-state index < -0.39 is 23.7 Å². The molecule has 11 heteroatoms. The third kappa shape index (κ3) is 3.61. The average Bonchev–Trinajstić information content (AvgIpc) is 3.62. The number of likely N-dealkylation sites (tertiary alicyclic amines) is 1. The quantitative estimate of drug-likeness (QED) is 0.414. The van der Waals surface area contributed by atoms with Crippen molar-refractivity contribution in [1.82, 2.24) is 9.88 Å². The highest BCUT2D eigenvalue weighted by Gasteiger charge is 2.71. The number of nitrogens with zero attached hydrogens (tertiary/aromatic N) is 1. The maximum atomic E-state index is 13.6. The number of imide groups is 1. The van der Waals surface area contributed by atoms with E-state index >= 15 is 0 Å². The number of aromatic amines is 1. The predicted molar refractivity (Wildman–Crippen MR) is 142 cm³/mol. The van der Waals surface area contributed by atoms with E-state index in [1.165, 1.54) is 11.3 Å². The van der Waals surface area contributed by atoms with Gasteiger partial charge in [0, 0.05) is 21.2 Å². The van der Waals surface area contributed by atoms with Gasteiger partial charge in [-0.25, -0.2) is 4.79 Å². The van der Waals surface area contributed by atoms with Crippen molar-refractivity contribution in [2.75, 3.05) is 18.5 Å². The number of hydrogen-bond donors (Lipinski definition) is 2. The lowest BCUT2D eigenvalue weighted by Crippen LogP contribution is -2.49. The molecule has 200 valence electrons. The molecule has 2 saturated carbocycles. The number of benzene rings is 1. The van der Waals surface area contributed by atoms with Gasteiger partial charge in [-0.05, 0) is 61.8 Å². The van der Waals surface area contributed by atoms with Gasteiger partial charge in [-0.3, -0.25) is 24.1 Å². The number of fused-ring (bicyclic) bond motifs is 9. The zero-order chi connectivity index (χ0) is 26.9. The highest BCUT2D eigenvalue weighted by molar-refractivity contribution is 8.00. The number of thiazole rings is 1. The Bertz CT molecular complexity index is 1400. The zero-order valence-corrected chi connectivity index (χ0v) is 22.9. The van der Waals surface area contributed by atoms with E-state index in [2.05, 4.69) is 24.1 Å². The predicted octanol–water partition coefficient (Wildman–Crippen LogP) is 3.26. The van der Waals surface area contributed by atoms with Crippen molar-refractivity contribution in [2.24, 2.45) is 29.6 Å². The smallest absolute Gasteiger partial charge is 0.338 e. The summed E-state index contributed by atoms with van der Waals surface area (Å²) < 4.78 is 4.97. The molecule has 0 radical (unpaired) electrons. The molecule has 1 aromatic heterocycles. The van der Waals surface area contributed by atoms with Crippen molar-refractivity contribution in [2.45, 2.75) is 49.3 Å². The lowest BCUT2D eigenvalue weighted by Gasteiger charge is -2.48. The average molecular weight is 556 g/mol. The molecule has 7 atom stereocenters. The molecule has 9 nitrogen and oxygen atoms in total. The fraction of sp³-hybridized carbons (Fsp3) is 0.519. The normalized spacial score (nSPS) is 32.7. The van der Waals surface area contributed by atoms with Gasteiger partial charge in [0.15, 0.2) is 0 Å². The molecule has 4 aliphatic rings. The summed E-state index contributed by atoms with van der Waals surface area (Å²) in [6.07, 6.45) is 1.68. The van der Waals surface area contributed by atoms with Crippen molar-refractivity contribution < 1.29 is 23.9 Å². The van der Waals surface area contributed by atoms with Gasteiger partial charge in [0.25, 0.3) is 0 Å². The Morgan fingerprint density at radius 3 is 2.45 bits per heavy atom. The Morgan fingerprint density at radius 1 is 1.11 bits per heavy atom. The van der Waals surface area contributed by atoms with Crippen LogP contribution in [-0.4, -0.2) is 52.0 Å². The molecule has 38 heavy (non-hydrogen) atoms. The van der Waals surface area contributed by atoms with E-state index in [0.29, 0.717) is 11.3 Å². The molecule has 2 aliphatic carbocycles. The van der Waals surface area contributed by atoms with Crippen LogP contribution < -0.4 is 10.2 Å². The maximum Gasteiger partial charge on any atom is 0.338 e. The highest BCUT2D eigenvalue weighted by Crippen LogP contribution is 2.69. The molecule has 1 saturated heterocycles. The van der Waals surface area contributed by atoms with Crippen LogP contribution in [0.25, 0.3) is 0 Å². The minimum atomic E-state index is -0.465. The van der Waals surface area contributed by atoms with E-state index in [0.717, 1.165) is 27.6 Å². The summed E-state index contributed by atoms with van der Waals surface area (Å²) in [5.74, 6) is -1.95. The number of carbonyl (C=O) groups excluding carboxylic acids is 4. The van der Waals surface area contributed by atoms with E-state index in [4.69, 9.17) is 4.74 Å². The monoisotopic (exact) mass is 555 g/mol. The van der Waals surface area contributed by atoms with Crippen molar-refractivity contribution in [3.05, 3.63) is 44.4 Å². The van der Waals surface area contributed by atoms with Crippen LogP contribution in [0.3, 0.4) is 0 Å². The molecule has 3 heterocycles. The number of ether oxygens (including phenoxy) is 1. The second-order valence-corrected chi connectivity index (χ2v) is 12.9. The summed E-state index contributed by atoms with van der Waals surface area (Å²) in [4.78, 5) is 69.1. The highest BCUT2D eigenvalue weighted by atomic mass is 32.2. The molecule has 1 aromatic carbocycles. The molecule has 3 fully saturated rings. The molecule has 2 N–H and O–H groups in total. The number of hydrogen-bond acceptors (Lipinski definition) is 8. The molecule has 3 amide bonds. The van der Waals surface area contributed by atoms with Crippen LogP contribution in [0.1, 0.15) is 48.8 Å². The molecule has 2 aliphatic heterocycles. The van der Waals surface area contributed by atoms with Gasteiger partial charge < -0.3 is 15.0 Å². The van der Waals surface area contributed by atoms with Crippen LogP contribution in [0.15, 0.2) is 34.1 Å². The number of aromatic nitrogens is 1. The lowest BCUT2D eigenvalue weighted by molar-refractivity contribution is -0.143. The number of nitrogens with one attached hydrogen (secondary N) is 2. The first-order chi connectivity index (χ1) is 18.2. The van der Waals surface area contributed by atoms with Crippen LogP contribution in [0.2, 0.25) is 0 Å². The SMILES string of the molecule is CCOC(=O)c1ccc(NC(=O)CN2C(=O)[C@@H]3[C@H]4C[C@@H]([C@@H]3C2=O)[C@@H]2[C@@H]4Sc3[nH]c(=O)sc3[C@@]2(C)CC)cc1. The Morgan fingerprint density at radius 2 is 1.79 bits per heavy atom. The summed E-state index contributed by atoms with van der Waals surface area (Å²) in [6, 6.07) is 6.28. The Labute approximate surface area is 227 Å². The van der Waals surface area contributed by atoms with Gasteiger partial charge >= 0.3 is 10.8 Å². The Balaban J connectivity index is 1.19. The molecule has 2 bridgehead atoms. The summed E-state index contributed by atoms with van der Waals surface area (Å²) in [5.41, 5.74) is 0.599. The zero-order valence-electron chi connectivity index (χ0n) is 21.3. The van der Waals surface area contributed by atoms with Crippen LogP contribution >= 0.6 is 23.1 Å². The first-order valence-corrected chi connectivity index (χ1v) is 14.7. The molecule has 2 aromatic rings.